The largest absolute Gasteiger partial charge is 0.480 e. The van der Waals surface area contributed by atoms with Gasteiger partial charge in [0.2, 0.25) is 0 Å². The Labute approximate surface area is 201 Å². The van der Waals surface area contributed by atoms with Crippen LogP contribution in [0.5, 0.6) is 0 Å². The summed E-state index contributed by atoms with van der Waals surface area (Å²) in [7, 11) is 0. The Morgan fingerprint density at radius 2 is 1.91 bits per heavy atom. The van der Waals surface area contributed by atoms with Crippen LogP contribution in [0.4, 0.5) is 22.9 Å². The number of aliphatic carboxylic acids is 1. The topological polar surface area (TPSA) is 125 Å². The molecule has 2 aromatic heterocycles. The van der Waals surface area contributed by atoms with Gasteiger partial charge in [0.1, 0.15) is 23.2 Å². The van der Waals surface area contributed by atoms with Crippen LogP contribution >= 0.6 is 0 Å². The number of fused-ring (bicyclic) bond motifs is 1. The summed E-state index contributed by atoms with van der Waals surface area (Å²) in [5, 5.41) is 17.8. The van der Waals surface area contributed by atoms with Gasteiger partial charge in [0.25, 0.3) is 10.9 Å². The van der Waals surface area contributed by atoms with Crippen LogP contribution in [-0.4, -0.2) is 39.7 Å². The lowest BCUT2D eigenvalue weighted by Gasteiger charge is -2.28. The molecule has 9 nitrogen and oxygen atoms in total. The Hall–Kier alpha value is -4.27. The van der Waals surface area contributed by atoms with Gasteiger partial charge >= 0.3 is 5.97 Å². The maximum Gasteiger partial charge on any atom is 0.326 e. The van der Waals surface area contributed by atoms with Gasteiger partial charge in [0.05, 0.1) is 0 Å². The normalized spacial score (nSPS) is 16.5. The van der Waals surface area contributed by atoms with Crippen LogP contribution in [0.3, 0.4) is 0 Å². The van der Waals surface area contributed by atoms with Gasteiger partial charge < -0.3 is 20.6 Å². The van der Waals surface area contributed by atoms with Crippen molar-refractivity contribution in [2.45, 2.75) is 38.3 Å². The fraction of sp³-hybridized carbons (Fsp3) is 0.269. The van der Waals surface area contributed by atoms with E-state index < -0.39 is 22.9 Å². The van der Waals surface area contributed by atoms with Crippen molar-refractivity contribution in [3.8, 4) is 0 Å². The predicted molar refractivity (Wildman–Crippen MR) is 135 cm³/mol. The maximum atomic E-state index is 12.2. The van der Waals surface area contributed by atoms with Crippen LogP contribution in [-0.2, 0) is 11.2 Å². The molecule has 178 valence electrons. The monoisotopic (exact) mass is 471 g/mol. The molecule has 9 heteroatoms. The van der Waals surface area contributed by atoms with Gasteiger partial charge in [0, 0.05) is 48.7 Å². The summed E-state index contributed by atoms with van der Waals surface area (Å²) in [6, 6.07) is 10.3. The van der Waals surface area contributed by atoms with Crippen molar-refractivity contribution in [1.82, 2.24) is 9.97 Å². The first-order valence-electron chi connectivity index (χ1n) is 11.6. The highest BCUT2D eigenvalue weighted by atomic mass is 16.4. The third-order valence-corrected chi connectivity index (χ3v) is 6.57. The highest BCUT2D eigenvalue weighted by Gasteiger charge is 2.33. The van der Waals surface area contributed by atoms with E-state index in [4.69, 9.17) is 0 Å². The molecule has 3 heterocycles. The first-order chi connectivity index (χ1) is 16.9. The van der Waals surface area contributed by atoms with E-state index in [1.807, 2.05) is 48.2 Å². The Morgan fingerprint density at radius 3 is 2.63 bits per heavy atom. The van der Waals surface area contributed by atoms with Gasteiger partial charge in [-0.25, -0.2) is 9.78 Å². The maximum absolute atomic E-state index is 12.2. The molecule has 0 saturated carbocycles. The molecule has 5 rings (SSSR count). The Morgan fingerprint density at radius 1 is 1.14 bits per heavy atom. The van der Waals surface area contributed by atoms with E-state index in [0.29, 0.717) is 18.1 Å². The van der Waals surface area contributed by atoms with E-state index >= 15 is 0 Å². The number of carboxylic acid groups (broad SMARTS) is 1. The van der Waals surface area contributed by atoms with Crippen LogP contribution in [0.25, 0.3) is 10.8 Å². The third kappa shape index (κ3) is 4.32. The highest BCUT2D eigenvalue weighted by molar-refractivity contribution is 5.92. The van der Waals surface area contributed by atoms with Crippen LogP contribution in [0.15, 0.2) is 64.6 Å². The zero-order chi connectivity index (χ0) is 24.5. The summed E-state index contributed by atoms with van der Waals surface area (Å²) in [5.74, 6) is -0.412. The summed E-state index contributed by atoms with van der Waals surface area (Å²) >= 11 is 0. The zero-order valence-corrected chi connectivity index (χ0v) is 19.2. The molecular weight excluding hydrogens is 446 g/mol. The molecule has 1 fully saturated rings. The summed E-state index contributed by atoms with van der Waals surface area (Å²) < 4.78 is 0. The first kappa shape index (κ1) is 22.5. The molecule has 1 unspecified atom stereocenters. The second kappa shape index (κ2) is 9.17. The molecule has 0 aliphatic carbocycles. The lowest BCUT2D eigenvalue weighted by molar-refractivity contribution is -0.137. The average Bonchev–Trinajstić information content (AvgIpc) is 3.28. The number of carboxylic acids is 1. The second-order valence-corrected chi connectivity index (χ2v) is 8.88. The molecular formula is C26H25N5O4. The number of pyridine rings is 2. The van der Waals surface area contributed by atoms with Gasteiger partial charge in [-0.05, 0) is 55.0 Å². The number of hydrogen-bond acceptors (Lipinski definition) is 8. The van der Waals surface area contributed by atoms with Crippen molar-refractivity contribution in [2.24, 2.45) is 0 Å². The van der Waals surface area contributed by atoms with E-state index in [9.17, 15) is 19.5 Å². The van der Waals surface area contributed by atoms with Crippen molar-refractivity contribution < 1.29 is 9.90 Å². The van der Waals surface area contributed by atoms with Gasteiger partial charge in [-0.2, -0.15) is 0 Å². The molecule has 1 aliphatic rings. The van der Waals surface area contributed by atoms with E-state index in [1.165, 1.54) is 0 Å². The highest BCUT2D eigenvalue weighted by Crippen LogP contribution is 2.29. The third-order valence-electron chi connectivity index (χ3n) is 6.57. The minimum atomic E-state index is -1.09. The standard InChI is InChI=1S/C26H25N5O4/c1-15-3-2-12-31(15)22-21(23(32)24(22)33)30-20(26(34)35)13-16-4-6-18(7-5-16)29-25-19-14-27-10-8-17(19)9-11-28-25/h4-11,14-15,20,30H,2-3,12-13H2,1H3,(H,28,29)(H,34,35)/t15?,20-/m0/s1. The summed E-state index contributed by atoms with van der Waals surface area (Å²) in [6.45, 7) is 2.69. The number of carbonyl (C=O) groups is 1. The molecule has 35 heavy (non-hydrogen) atoms. The molecule has 0 spiro atoms. The fourth-order valence-electron chi connectivity index (χ4n) is 4.63. The smallest absolute Gasteiger partial charge is 0.326 e. The number of aromatic nitrogens is 2. The quantitative estimate of drug-likeness (QED) is 0.333. The molecule has 0 bridgehead atoms. The zero-order valence-electron chi connectivity index (χ0n) is 19.2. The molecule has 4 aromatic rings. The fourth-order valence-corrected chi connectivity index (χ4v) is 4.63. The molecule has 1 aliphatic heterocycles. The molecule has 2 atom stereocenters. The lowest BCUT2D eigenvalue weighted by Crippen LogP contribution is -2.46. The molecule has 0 radical (unpaired) electrons. The second-order valence-electron chi connectivity index (χ2n) is 8.88. The number of benzene rings is 1. The first-order valence-corrected chi connectivity index (χ1v) is 11.6. The molecule has 0 amide bonds. The number of rotatable bonds is 8. The van der Waals surface area contributed by atoms with Crippen molar-refractivity contribution in [2.75, 3.05) is 22.1 Å². The van der Waals surface area contributed by atoms with Gasteiger partial charge in [-0.3, -0.25) is 14.6 Å². The molecule has 2 aromatic carbocycles. The Kier molecular flexibility index (Phi) is 5.90. The minimum Gasteiger partial charge on any atom is -0.480 e. The van der Waals surface area contributed by atoms with E-state index in [0.717, 1.165) is 34.9 Å². The number of hydrogen-bond donors (Lipinski definition) is 3. The summed E-state index contributed by atoms with van der Waals surface area (Å²) in [6.07, 6.45) is 7.23. The van der Waals surface area contributed by atoms with Gasteiger partial charge in [-0.1, -0.05) is 12.1 Å². The number of anilines is 4. The van der Waals surface area contributed by atoms with Crippen molar-refractivity contribution in [1.29, 1.82) is 0 Å². The summed E-state index contributed by atoms with van der Waals surface area (Å²) in [5.41, 5.74) is 0.816. The van der Waals surface area contributed by atoms with E-state index in [2.05, 4.69) is 20.6 Å². The number of nitrogens with zero attached hydrogens (tertiary/aromatic N) is 3. The van der Waals surface area contributed by atoms with Crippen LogP contribution < -0.4 is 26.4 Å². The van der Waals surface area contributed by atoms with Crippen molar-refractivity contribution in [3.05, 3.63) is 81.0 Å². The molecule has 3 N–H and O–H groups in total. The van der Waals surface area contributed by atoms with Crippen LogP contribution in [0.1, 0.15) is 25.3 Å². The lowest BCUT2D eigenvalue weighted by atomic mass is 10.0. The summed E-state index contributed by atoms with van der Waals surface area (Å²) in [4.78, 5) is 46.9. The molecule has 1 saturated heterocycles. The Bertz CT molecular complexity index is 1450. The van der Waals surface area contributed by atoms with Crippen LogP contribution in [0, 0.1) is 0 Å². The predicted octanol–water partition coefficient (Wildman–Crippen LogP) is 3.07. The van der Waals surface area contributed by atoms with Crippen molar-refractivity contribution >= 4 is 39.6 Å². The van der Waals surface area contributed by atoms with E-state index in [-0.39, 0.29) is 18.2 Å². The Balaban J connectivity index is 1.31. The van der Waals surface area contributed by atoms with Crippen molar-refractivity contribution in [3.63, 3.8) is 0 Å². The van der Waals surface area contributed by atoms with Crippen LogP contribution in [0.2, 0.25) is 0 Å². The SMILES string of the molecule is CC1CCCN1c1c(N[C@@H](Cc2ccc(Nc3nccc4ccncc34)cc2)C(=O)O)c(=O)c1=O. The average molecular weight is 472 g/mol. The minimum absolute atomic E-state index is 0.116. The van der Waals surface area contributed by atoms with E-state index in [1.54, 1.807) is 18.6 Å². The van der Waals surface area contributed by atoms with Gasteiger partial charge in [0.15, 0.2) is 0 Å². The number of nitrogens with one attached hydrogen (secondary N) is 2. The van der Waals surface area contributed by atoms with Gasteiger partial charge in [-0.15, -0.1) is 0 Å².